The molecule has 5 heteroatoms. The zero-order valence-electron chi connectivity index (χ0n) is 2.48. The lowest BCUT2D eigenvalue weighted by atomic mass is 11.8. The highest BCUT2D eigenvalue weighted by atomic mass is 32.3. The highest BCUT2D eigenvalue weighted by molar-refractivity contribution is 7.88. The van der Waals surface area contributed by atoms with Crippen LogP contribution in [0.5, 0.6) is 0 Å². The van der Waals surface area contributed by atoms with Crippen molar-refractivity contribution < 1.29 is 16.7 Å². The summed E-state index contributed by atoms with van der Waals surface area (Å²) in [6.45, 7) is 0. The zero-order chi connectivity index (χ0) is 5.21. The molecule has 0 aromatic carbocycles. The SMILES string of the molecule is O=S(=O)(F)[C]F. The molecule has 0 N–H and O–H groups in total. The van der Waals surface area contributed by atoms with Crippen LogP contribution in [0.1, 0.15) is 0 Å². The average Bonchev–Trinajstić information content (AvgIpc) is 1.35. The molecule has 0 unspecified atom stereocenters. The van der Waals surface area contributed by atoms with E-state index in [1.165, 1.54) is 0 Å². The molecule has 2 nitrogen and oxygen atoms in total. The maximum atomic E-state index is 10.6. The first-order valence-corrected chi connectivity index (χ1v) is 2.26. The van der Waals surface area contributed by atoms with Crippen molar-refractivity contribution in [3.63, 3.8) is 0 Å². The van der Waals surface area contributed by atoms with Crippen molar-refractivity contribution >= 4 is 10.2 Å². The third-order valence-electron chi connectivity index (χ3n) is 0.0922. The molecule has 0 fully saturated rings. The quantitative estimate of drug-likeness (QED) is 0.458. The van der Waals surface area contributed by atoms with Gasteiger partial charge in [0.2, 0.25) is 0 Å². The van der Waals surface area contributed by atoms with E-state index in [9.17, 15) is 8.28 Å². The van der Waals surface area contributed by atoms with Crippen LogP contribution in [-0.2, 0) is 10.2 Å². The highest BCUT2D eigenvalue weighted by Gasteiger charge is 2.05. The molecule has 36 valence electrons. The maximum Gasteiger partial charge on any atom is 0.349 e. The summed E-state index contributed by atoms with van der Waals surface area (Å²) >= 11 is 0. The summed E-state index contributed by atoms with van der Waals surface area (Å²) in [5.74, 6) is 0. The molecule has 0 saturated heterocycles. The maximum absolute atomic E-state index is 10.6. The second kappa shape index (κ2) is 1.51. The fraction of sp³-hybridized carbons (Fsp3) is 0. The summed E-state index contributed by atoms with van der Waals surface area (Å²) in [5, 5.41) is 0. The molecule has 0 aliphatic carbocycles. The Labute approximate surface area is 34.0 Å². The largest absolute Gasteiger partial charge is 0.349 e. The number of rotatable bonds is 1. The van der Waals surface area contributed by atoms with Crippen molar-refractivity contribution in [2.45, 2.75) is 0 Å². The molecule has 0 aliphatic rings. The van der Waals surface area contributed by atoms with Gasteiger partial charge in [0.1, 0.15) is 0 Å². The Morgan fingerprint density at radius 3 is 1.67 bits per heavy atom. The molecule has 0 amide bonds. The summed E-state index contributed by atoms with van der Waals surface area (Å²) in [4.78, 5) is 0. The fourth-order valence-electron chi connectivity index (χ4n) is 0. The molecular formula is CF2O2S. The molecule has 0 bridgehead atoms. The molecule has 0 aromatic heterocycles. The third kappa shape index (κ3) is 3.81. The molecule has 0 spiro atoms. The zero-order valence-corrected chi connectivity index (χ0v) is 3.30. The van der Waals surface area contributed by atoms with Crippen LogP contribution in [0, 0.1) is 6.01 Å². The van der Waals surface area contributed by atoms with E-state index in [4.69, 9.17) is 8.42 Å². The second-order valence-electron chi connectivity index (χ2n) is 0.515. The van der Waals surface area contributed by atoms with Crippen LogP contribution in [-0.4, -0.2) is 8.42 Å². The molecule has 0 aliphatic heterocycles. The minimum atomic E-state index is -5.08. The monoisotopic (exact) mass is 114 g/mol. The summed E-state index contributed by atoms with van der Waals surface area (Å²) in [5.41, 5.74) is 0. The molecule has 0 saturated carbocycles. The highest BCUT2D eigenvalue weighted by Crippen LogP contribution is 1.94. The summed E-state index contributed by atoms with van der Waals surface area (Å²) in [6, 6.07) is -0.0903. The number of halogens is 2. The van der Waals surface area contributed by atoms with Gasteiger partial charge in [0.25, 0.3) is 0 Å². The molecule has 0 rings (SSSR count). The predicted octanol–water partition coefficient (Wildman–Crippen LogP) is 0.251. The van der Waals surface area contributed by atoms with Gasteiger partial charge >= 0.3 is 16.2 Å². The van der Waals surface area contributed by atoms with E-state index in [0.29, 0.717) is 0 Å². The topological polar surface area (TPSA) is 34.1 Å². The number of hydrogen-bond acceptors (Lipinski definition) is 2. The normalized spacial score (nSPS) is 11.7. The lowest BCUT2D eigenvalue weighted by molar-refractivity contribution is 0.533. The van der Waals surface area contributed by atoms with Crippen LogP contribution in [0.15, 0.2) is 0 Å². The minimum absolute atomic E-state index is 0.0903. The molecule has 0 aromatic rings. The minimum Gasteiger partial charge on any atom is -0.213 e. The van der Waals surface area contributed by atoms with Crippen molar-refractivity contribution in [1.29, 1.82) is 0 Å². The Hall–Kier alpha value is -0.190. The molecule has 2 radical (unpaired) electrons. The number of hydrogen-bond donors (Lipinski definition) is 0. The van der Waals surface area contributed by atoms with Gasteiger partial charge in [-0.2, -0.15) is 8.42 Å². The van der Waals surface area contributed by atoms with Crippen LogP contribution in [0.25, 0.3) is 0 Å². The van der Waals surface area contributed by atoms with Crippen LogP contribution in [0.2, 0.25) is 0 Å². The van der Waals surface area contributed by atoms with E-state index in [-0.39, 0.29) is 6.01 Å². The Bertz CT molecular complexity index is 114. The van der Waals surface area contributed by atoms with E-state index in [2.05, 4.69) is 0 Å². The molecule has 6 heavy (non-hydrogen) atoms. The standard InChI is InChI=1S/CF2O2S/c2-1-6(3,4)5. The van der Waals surface area contributed by atoms with Crippen molar-refractivity contribution in [3.05, 3.63) is 6.01 Å². The predicted molar refractivity (Wildman–Crippen MR) is 14.4 cm³/mol. The lowest BCUT2D eigenvalue weighted by Crippen LogP contribution is -1.81. The average molecular weight is 114 g/mol. The molecule has 0 atom stereocenters. The van der Waals surface area contributed by atoms with Gasteiger partial charge in [0.05, 0.1) is 0 Å². The Kier molecular flexibility index (Phi) is 1.46. The van der Waals surface area contributed by atoms with Gasteiger partial charge < -0.3 is 0 Å². The van der Waals surface area contributed by atoms with Crippen molar-refractivity contribution in [2.24, 2.45) is 0 Å². The van der Waals surface area contributed by atoms with Crippen molar-refractivity contribution in [2.75, 3.05) is 0 Å². The first-order valence-electron chi connectivity index (χ1n) is 0.881. The summed E-state index contributed by atoms with van der Waals surface area (Å²) in [7, 11) is -5.08. The van der Waals surface area contributed by atoms with Crippen LogP contribution in [0.3, 0.4) is 0 Å². The van der Waals surface area contributed by atoms with Gasteiger partial charge in [-0.05, 0) is 0 Å². The van der Waals surface area contributed by atoms with E-state index >= 15 is 0 Å². The summed E-state index contributed by atoms with van der Waals surface area (Å²) in [6.07, 6.45) is 0. The smallest absolute Gasteiger partial charge is 0.213 e. The van der Waals surface area contributed by atoms with Gasteiger partial charge in [0, 0.05) is 0 Å². The Morgan fingerprint density at radius 2 is 1.67 bits per heavy atom. The van der Waals surface area contributed by atoms with Gasteiger partial charge in [-0.15, -0.1) is 3.89 Å². The molecule has 0 heterocycles. The summed E-state index contributed by atoms with van der Waals surface area (Å²) < 4.78 is 38.6. The Morgan fingerprint density at radius 1 is 1.50 bits per heavy atom. The Balaban J connectivity index is 3.85. The van der Waals surface area contributed by atoms with Crippen LogP contribution >= 0.6 is 0 Å². The van der Waals surface area contributed by atoms with Gasteiger partial charge in [-0.3, -0.25) is 0 Å². The second-order valence-corrected chi connectivity index (χ2v) is 1.54. The lowest BCUT2D eigenvalue weighted by Gasteiger charge is -1.69. The van der Waals surface area contributed by atoms with Gasteiger partial charge in [-0.1, -0.05) is 0 Å². The van der Waals surface area contributed by atoms with E-state index < -0.39 is 10.2 Å². The van der Waals surface area contributed by atoms with E-state index in [1.807, 2.05) is 0 Å². The first kappa shape index (κ1) is 5.81. The third-order valence-corrected chi connectivity index (χ3v) is 0.276. The fourth-order valence-corrected chi connectivity index (χ4v) is 0. The van der Waals surface area contributed by atoms with Crippen LogP contribution in [0.4, 0.5) is 8.28 Å². The van der Waals surface area contributed by atoms with Crippen molar-refractivity contribution in [3.8, 4) is 0 Å². The van der Waals surface area contributed by atoms with Gasteiger partial charge in [-0.25, -0.2) is 4.39 Å². The van der Waals surface area contributed by atoms with E-state index in [1.54, 1.807) is 0 Å². The first-order chi connectivity index (χ1) is 2.56. The molecular weight excluding hydrogens is 114 g/mol. The van der Waals surface area contributed by atoms with Gasteiger partial charge in [0.15, 0.2) is 0 Å². The van der Waals surface area contributed by atoms with Crippen LogP contribution < -0.4 is 0 Å². The van der Waals surface area contributed by atoms with Crippen molar-refractivity contribution in [1.82, 2.24) is 0 Å². The van der Waals surface area contributed by atoms with E-state index in [0.717, 1.165) is 0 Å².